The third-order valence-corrected chi connectivity index (χ3v) is 3.42. The standard InChI is InChI=1S/C11H15NOS/c1-3-10(12)8-14(13)11-6-4-9(2)5-7-11/h3-7,10H,1,8,12H2,2H3/t10-,14-/m1/s1. The molecule has 0 spiro atoms. The molecule has 0 saturated heterocycles. The molecule has 0 amide bonds. The third-order valence-electron chi connectivity index (χ3n) is 1.93. The molecule has 1 aromatic carbocycles. The first kappa shape index (κ1) is 11.1. The molecule has 0 aliphatic heterocycles. The van der Waals surface area contributed by atoms with Crippen molar-refractivity contribution in [3.63, 3.8) is 0 Å². The number of aryl methyl sites for hydroxylation is 1. The van der Waals surface area contributed by atoms with E-state index in [1.807, 2.05) is 31.2 Å². The van der Waals surface area contributed by atoms with Gasteiger partial charge >= 0.3 is 0 Å². The van der Waals surface area contributed by atoms with E-state index in [4.69, 9.17) is 5.73 Å². The fraction of sp³-hybridized carbons (Fsp3) is 0.273. The molecule has 0 fully saturated rings. The van der Waals surface area contributed by atoms with Crippen LogP contribution in [0.4, 0.5) is 0 Å². The fourth-order valence-corrected chi connectivity index (χ4v) is 2.15. The lowest BCUT2D eigenvalue weighted by Crippen LogP contribution is -2.24. The highest BCUT2D eigenvalue weighted by Crippen LogP contribution is 2.08. The predicted molar refractivity (Wildman–Crippen MR) is 60.6 cm³/mol. The maximum Gasteiger partial charge on any atom is 0.0548 e. The van der Waals surface area contributed by atoms with E-state index in [1.54, 1.807) is 6.08 Å². The molecule has 0 radical (unpaired) electrons. The van der Waals surface area contributed by atoms with Crippen molar-refractivity contribution in [2.24, 2.45) is 5.73 Å². The maximum atomic E-state index is 11.7. The van der Waals surface area contributed by atoms with Crippen LogP contribution < -0.4 is 5.73 Å². The minimum atomic E-state index is -1.02. The molecule has 1 aromatic rings. The Labute approximate surface area is 87.3 Å². The van der Waals surface area contributed by atoms with Crippen LogP contribution in [0.1, 0.15) is 5.56 Å². The molecule has 0 bridgehead atoms. The van der Waals surface area contributed by atoms with E-state index in [2.05, 4.69) is 6.58 Å². The van der Waals surface area contributed by atoms with Crippen molar-refractivity contribution in [3.05, 3.63) is 42.5 Å². The number of hydrogen-bond acceptors (Lipinski definition) is 2. The molecule has 3 heteroatoms. The van der Waals surface area contributed by atoms with Crippen molar-refractivity contribution in [2.45, 2.75) is 17.9 Å². The van der Waals surface area contributed by atoms with Gasteiger partial charge in [0.15, 0.2) is 0 Å². The Hall–Kier alpha value is -0.930. The molecule has 0 unspecified atom stereocenters. The molecule has 0 heterocycles. The highest BCUT2D eigenvalue weighted by Gasteiger charge is 2.06. The molecule has 76 valence electrons. The number of nitrogens with two attached hydrogens (primary N) is 1. The summed E-state index contributed by atoms with van der Waals surface area (Å²) in [6.07, 6.45) is 1.62. The van der Waals surface area contributed by atoms with Crippen LogP contribution in [0, 0.1) is 6.92 Å². The summed E-state index contributed by atoms with van der Waals surface area (Å²) in [6, 6.07) is 7.46. The maximum absolute atomic E-state index is 11.7. The summed E-state index contributed by atoms with van der Waals surface area (Å²) in [7, 11) is -1.02. The molecule has 0 saturated carbocycles. The molecule has 0 aliphatic carbocycles. The van der Waals surface area contributed by atoms with E-state index in [1.165, 1.54) is 5.56 Å². The minimum absolute atomic E-state index is 0.197. The van der Waals surface area contributed by atoms with Crippen LogP contribution in [-0.2, 0) is 10.8 Å². The largest absolute Gasteiger partial charge is 0.324 e. The van der Waals surface area contributed by atoms with Crippen molar-refractivity contribution in [1.82, 2.24) is 0 Å². The number of hydrogen-bond donors (Lipinski definition) is 1. The Morgan fingerprint density at radius 3 is 2.57 bits per heavy atom. The van der Waals surface area contributed by atoms with E-state index in [-0.39, 0.29) is 6.04 Å². The van der Waals surface area contributed by atoms with Gasteiger partial charge in [-0.2, -0.15) is 0 Å². The minimum Gasteiger partial charge on any atom is -0.324 e. The van der Waals surface area contributed by atoms with Crippen LogP contribution >= 0.6 is 0 Å². The number of rotatable bonds is 4. The second-order valence-corrected chi connectivity index (χ2v) is 4.72. The fourth-order valence-electron chi connectivity index (χ4n) is 1.03. The Kier molecular flexibility index (Phi) is 4.04. The Morgan fingerprint density at radius 2 is 2.07 bits per heavy atom. The summed E-state index contributed by atoms with van der Waals surface area (Å²) in [5.74, 6) is 0.437. The van der Waals surface area contributed by atoms with Crippen molar-refractivity contribution in [1.29, 1.82) is 0 Å². The highest BCUT2D eigenvalue weighted by molar-refractivity contribution is 7.85. The van der Waals surface area contributed by atoms with Crippen molar-refractivity contribution in [2.75, 3.05) is 5.75 Å². The van der Waals surface area contributed by atoms with Crippen LogP contribution in [0.3, 0.4) is 0 Å². The van der Waals surface area contributed by atoms with E-state index < -0.39 is 10.8 Å². The van der Waals surface area contributed by atoms with E-state index in [0.29, 0.717) is 5.75 Å². The van der Waals surface area contributed by atoms with Gasteiger partial charge in [-0.3, -0.25) is 4.21 Å². The summed E-state index contributed by atoms with van der Waals surface area (Å²) < 4.78 is 11.7. The third kappa shape index (κ3) is 3.09. The topological polar surface area (TPSA) is 43.1 Å². The average molecular weight is 209 g/mol. The first-order valence-corrected chi connectivity index (χ1v) is 5.78. The SMILES string of the molecule is C=C[C@@H](N)C[S@@](=O)c1ccc(C)cc1. The first-order chi connectivity index (χ1) is 6.63. The molecule has 2 N–H and O–H groups in total. The Balaban J connectivity index is 2.70. The summed E-state index contributed by atoms with van der Waals surface area (Å²) in [5, 5.41) is 0. The van der Waals surface area contributed by atoms with Crippen LogP contribution in [0.25, 0.3) is 0 Å². The van der Waals surface area contributed by atoms with Gasteiger partial charge in [0.25, 0.3) is 0 Å². The van der Waals surface area contributed by atoms with E-state index in [9.17, 15) is 4.21 Å². The predicted octanol–water partition coefficient (Wildman–Crippen LogP) is 1.62. The summed E-state index contributed by atoms with van der Waals surface area (Å²) >= 11 is 0. The molecule has 2 atom stereocenters. The van der Waals surface area contributed by atoms with Gasteiger partial charge in [0, 0.05) is 16.7 Å². The quantitative estimate of drug-likeness (QED) is 0.766. The van der Waals surface area contributed by atoms with Gasteiger partial charge in [0.2, 0.25) is 0 Å². The summed E-state index contributed by atoms with van der Waals surface area (Å²) in [5.41, 5.74) is 6.80. The molecular formula is C11H15NOS. The monoisotopic (exact) mass is 209 g/mol. The lowest BCUT2D eigenvalue weighted by atomic mass is 10.2. The zero-order chi connectivity index (χ0) is 10.6. The van der Waals surface area contributed by atoms with E-state index >= 15 is 0 Å². The zero-order valence-corrected chi connectivity index (χ0v) is 9.09. The Bertz CT molecular complexity index is 332. The Morgan fingerprint density at radius 1 is 1.50 bits per heavy atom. The van der Waals surface area contributed by atoms with Crippen molar-refractivity contribution < 1.29 is 4.21 Å². The molecule has 14 heavy (non-hydrogen) atoms. The summed E-state index contributed by atoms with van der Waals surface area (Å²) in [4.78, 5) is 0.827. The van der Waals surface area contributed by atoms with Gasteiger partial charge in [0.1, 0.15) is 0 Å². The van der Waals surface area contributed by atoms with Gasteiger partial charge in [-0.25, -0.2) is 0 Å². The second kappa shape index (κ2) is 5.08. The highest BCUT2D eigenvalue weighted by atomic mass is 32.2. The zero-order valence-electron chi connectivity index (χ0n) is 8.27. The lowest BCUT2D eigenvalue weighted by Gasteiger charge is -2.06. The van der Waals surface area contributed by atoms with Crippen LogP contribution in [0.15, 0.2) is 41.8 Å². The van der Waals surface area contributed by atoms with Crippen molar-refractivity contribution in [3.8, 4) is 0 Å². The van der Waals surface area contributed by atoms with E-state index in [0.717, 1.165) is 4.90 Å². The molecule has 1 rings (SSSR count). The van der Waals surface area contributed by atoms with Gasteiger partial charge in [0.05, 0.1) is 10.8 Å². The van der Waals surface area contributed by atoms with Crippen LogP contribution in [-0.4, -0.2) is 16.0 Å². The molecule has 0 aromatic heterocycles. The van der Waals surface area contributed by atoms with Gasteiger partial charge in [-0.1, -0.05) is 23.8 Å². The lowest BCUT2D eigenvalue weighted by molar-refractivity contribution is 0.680. The van der Waals surface area contributed by atoms with Crippen molar-refractivity contribution >= 4 is 10.8 Å². The van der Waals surface area contributed by atoms with Gasteiger partial charge < -0.3 is 5.73 Å². The second-order valence-electron chi connectivity index (χ2n) is 3.22. The normalized spacial score (nSPS) is 14.7. The number of benzene rings is 1. The molecule has 2 nitrogen and oxygen atoms in total. The van der Waals surface area contributed by atoms with Gasteiger partial charge in [-0.05, 0) is 19.1 Å². The van der Waals surface area contributed by atoms with Crippen LogP contribution in [0.2, 0.25) is 0 Å². The molecular weight excluding hydrogens is 194 g/mol. The molecule has 0 aliphatic rings. The smallest absolute Gasteiger partial charge is 0.0548 e. The van der Waals surface area contributed by atoms with Gasteiger partial charge in [-0.15, -0.1) is 6.58 Å². The average Bonchev–Trinajstić information content (AvgIpc) is 2.18. The first-order valence-electron chi connectivity index (χ1n) is 4.46. The van der Waals surface area contributed by atoms with Crippen LogP contribution in [0.5, 0.6) is 0 Å². The summed E-state index contributed by atoms with van der Waals surface area (Å²) in [6.45, 7) is 5.56.